The summed E-state index contributed by atoms with van der Waals surface area (Å²) in [5, 5.41) is 2.21. The lowest BCUT2D eigenvalue weighted by Gasteiger charge is -2.26. The van der Waals surface area contributed by atoms with Crippen LogP contribution in [0.15, 0.2) is 18.2 Å². The lowest BCUT2D eigenvalue weighted by atomic mass is 10.2. The maximum atomic E-state index is 12.7. The molecule has 1 aromatic carbocycles. The van der Waals surface area contributed by atoms with Gasteiger partial charge in [-0.1, -0.05) is 11.6 Å². The van der Waals surface area contributed by atoms with Gasteiger partial charge in [0.1, 0.15) is 6.42 Å². The second kappa shape index (κ2) is 7.18. The molecule has 9 heteroatoms. The first-order valence-corrected chi connectivity index (χ1v) is 7.17. The molecule has 1 N–H and O–H groups in total. The Morgan fingerprint density at radius 1 is 1.26 bits per heavy atom. The fraction of sp³-hybridized carbons (Fsp3) is 0.429. The minimum atomic E-state index is -4.55. The number of amides is 2. The number of rotatable bonds is 3. The van der Waals surface area contributed by atoms with Crippen molar-refractivity contribution in [3.05, 3.63) is 28.8 Å². The van der Waals surface area contributed by atoms with Crippen molar-refractivity contribution in [2.24, 2.45) is 0 Å². The van der Waals surface area contributed by atoms with Gasteiger partial charge in [-0.05, 0) is 18.2 Å². The predicted octanol–water partition coefficient (Wildman–Crippen LogP) is 2.55. The molecular formula is C14H14ClF3N2O3. The van der Waals surface area contributed by atoms with Gasteiger partial charge in [0.15, 0.2) is 0 Å². The van der Waals surface area contributed by atoms with E-state index in [0.717, 1.165) is 18.2 Å². The molecule has 0 atom stereocenters. The normalized spacial score (nSPS) is 15.4. The van der Waals surface area contributed by atoms with Crippen LogP contribution in [-0.2, 0) is 20.5 Å². The molecule has 1 fully saturated rings. The van der Waals surface area contributed by atoms with Crippen LogP contribution in [0.25, 0.3) is 0 Å². The summed E-state index contributed by atoms with van der Waals surface area (Å²) in [6.07, 6.45) is -5.01. The number of nitrogens with one attached hydrogen (secondary N) is 1. The van der Waals surface area contributed by atoms with Crippen molar-refractivity contribution in [1.82, 2.24) is 4.90 Å². The van der Waals surface area contributed by atoms with Crippen LogP contribution in [0.1, 0.15) is 12.0 Å². The van der Waals surface area contributed by atoms with Crippen LogP contribution in [0.3, 0.4) is 0 Å². The van der Waals surface area contributed by atoms with E-state index in [9.17, 15) is 22.8 Å². The quantitative estimate of drug-likeness (QED) is 0.852. The van der Waals surface area contributed by atoms with Crippen molar-refractivity contribution >= 4 is 29.1 Å². The molecule has 2 amide bonds. The van der Waals surface area contributed by atoms with Gasteiger partial charge in [-0.25, -0.2) is 0 Å². The van der Waals surface area contributed by atoms with Gasteiger partial charge in [0.05, 0.1) is 29.5 Å². The van der Waals surface area contributed by atoms with Gasteiger partial charge in [0, 0.05) is 13.1 Å². The average molecular weight is 351 g/mol. The molecule has 1 heterocycles. The number of alkyl halides is 3. The molecule has 23 heavy (non-hydrogen) atoms. The highest BCUT2D eigenvalue weighted by atomic mass is 35.5. The molecule has 1 aromatic rings. The monoisotopic (exact) mass is 350 g/mol. The van der Waals surface area contributed by atoms with Gasteiger partial charge in [0.25, 0.3) is 0 Å². The number of benzene rings is 1. The number of morpholine rings is 1. The molecule has 126 valence electrons. The third-order valence-electron chi connectivity index (χ3n) is 3.24. The summed E-state index contributed by atoms with van der Waals surface area (Å²) in [5.74, 6) is -1.13. The first-order chi connectivity index (χ1) is 10.8. The van der Waals surface area contributed by atoms with Crippen molar-refractivity contribution in [1.29, 1.82) is 0 Å². The molecule has 0 spiro atoms. The number of anilines is 1. The van der Waals surface area contributed by atoms with Crippen molar-refractivity contribution in [2.75, 3.05) is 31.6 Å². The minimum absolute atomic E-state index is 0.0369. The Balaban J connectivity index is 2.00. The smallest absolute Gasteiger partial charge is 0.378 e. The van der Waals surface area contributed by atoms with E-state index in [4.69, 9.17) is 16.3 Å². The van der Waals surface area contributed by atoms with E-state index in [-0.39, 0.29) is 10.7 Å². The van der Waals surface area contributed by atoms with E-state index in [1.807, 2.05) is 0 Å². The SMILES string of the molecule is O=C(CC(=O)N1CCOCC1)Nc1cc(C(F)(F)F)ccc1Cl. The predicted molar refractivity (Wildman–Crippen MR) is 77.1 cm³/mol. The standard InChI is InChI=1S/C14H14ClF3N2O3/c15-10-2-1-9(14(16,17)18)7-11(10)19-12(21)8-13(22)20-3-5-23-6-4-20/h1-2,7H,3-6,8H2,(H,19,21). The molecule has 5 nitrogen and oxygen atoms in total. The Labute approximate surface area is 135 Å². The highest BCUT2D eigenvalue weighted by Crippen LogP contribution is 2.33. The van der Waals surface area contributed by atoms with Crippen molar-refractivity contribution in [2.45, 2.75) is 12.6 Å². The number of ether oxygens (including phenoxy) is 1. The Morgan fingerprint density at radius 2 is 1.91 bits per heavy atom. The van der Waals surface area contributed by atoms with Gasteiger partial charge in [-0.2, -0.15) is 13.2 Å². The van der Waals surface area contributed by atoms with E-state index >= 15 is 0 Å². The molecule has 2 rings (SSSR count). The highest BCUT2D eigenvalue weighted by Gasteiger charge is 2.31. The summed E-state index contributed by atoms with van der Waals surface area (Å²) >= 11 is 5.78. The zero-order valence-electron chi connectivity index (χ0n) is 12.0. The fourth-order valence-corrected chi connectivity index (χ4v) is 2.22. The Kier molecular flexibility index (Phi) is 5.48. The van der Waals surface area contributed by atoms with Crippen LogP contribution in [-0.4, -0.2) is 43.0 Å². The first-order valence-electron chi connectivity index (χ1n) is 6.79. The van der Waals surface area contributed by atoms with Crippen molar-refractivity contribution in [3.63, 3.8) is 0 Å². The van der Waals surface area contributed by atoms with E-state index in [2.05, 4.69) is 5.32 Å². The third-order valence-corrected chi connectivity index (χ3v) is 3.57. The highest BCUT2D eigenvalue weighted by molar-refractivity contribution is 6.33. The number of hydrogen-bond acceptors (Lipinski definition) is 3. The average Bonchev–Trinajstić information content (AvgIpc) is 2.49. The van der Waals surface area contributed by atoms with Gasteiger partial charge in [-0.15, -0.1) is 0 Å². The van der Waals surface area contributed by atoms with E-state index in [1.54, 1.807) is 0 Å². The van der Waals surface area contributed by atoms with Gasteiger partial charge in [0.2, 0.25) is 11.8 Å². The Morgan fingerprint density at radius 3 is 2.52 bits per heavy atom. The number of nitrogens with zero attached hydrogens (tertiary/aromatic N) is 1. The van der Waals surface area contributed by atoms with E-state index in [1.165, 1.54) is 4.90 Å². The molecule has 1 saturated heterocycles. The second-order valence-corrected chi connectivity index (χ2v) is 5.32. The molecule has 0 unspecified atom stereocenters. The van der Waals surface area contributed by atoms with Gasteiger partial charge >= 0.3 is 6.18 Å². The maximum Gasteiger partial charge on any atom is 0.416 e. The summed E-state index contributed by atoms with van der Waals surface area (Å²) in [6.45, 7) is 1.56. The van der Waals surface area contributed by atoms with Crippen molar-refractivity contribution < 1.29 is 27.5 Å². The molecule has 0 saturated carbocycles. The largest absolute Gasteiger partial charge is 0.416 e. The van der Waals surface area contributed by atoms with Crippen LogP contribution in [0.5, 0.6) is 0 Å². The van der Waals surface area contributed by atoms with Crippen LogP contribution < -0.4 is 5.32 Å². The number of carbonyl (C=O) groups excluding carboxylic acids is 2. The van der Waals surface area contributed by atoms with Crippen molar-refractivity contribution in [3.8, 4) is 0 Å². The van der Waals surface area contributed by atoms with Gasteiger partial charge in [-0.3, -0.25) is 9.59 Å². The zero-order valence-corrected chi connectivity index (χ0v) is 12.7. The number of halogens is 4. The zero-order chi connectivity index (χ0) is 17.0. The maximum absolute atomic E-state index is 12.7. The molecule has 0 radical (unpaired) electrons. The summed E-state index contributed by atoms with van der Waals surface area (Å²) in [7, 11) is 0. The topological polar surface area (TPSA) is 58.6 Å². The summed E-state index contributed by atoms with van der Waals surface area (Å²) in [5.41, 5.74) is -1.11. The fourth-order valence-electron chi connectivity index (χ4n) is 2.05. The molecule has 0 bridgehead atoms. The molecule has 1 aliphatic heterocycles. The second-order valence-electron chi connectivity index (χ2n) is 4.91. The van der Waals surface area contributed by atoms with E-state index < -0.39 is 30.0 Å². The summed E-state index contributed by atoms with van der Waals surface area (Å²) in [4.78, 5) is 25.2. The Bertz CT molecular complexity index is 601. The summed E-state index contributed by atoms with van der Waals surface area (Å²) < 4.78 is 43.1. The summed E-state index contributed by atoms with van der Waals surface area (Å²) in [6, 6.07) is 2.60. The molecule has 0 aromatic heterocycles. The number of carbonyl (C=O) groups is 2. The number of hydrogen-bond donors (Lipinski definition) is 1. The van der Waals surface area contributed by atoms with E-state index in [0.29, 0.717) is 26.3 Å². The minimum Gasteiger partial charge on any atom is -0.378 e. The van der Waals surface area contributed by atoms with Gasteiger partial charge < -0.3 is 15.0 Å². The van der Waals surface area contributed by atoms with Crippen LogP contribution >= 0.6 is 11.6 Å². The first kappa shape index (κ1) is 17.6. The third kappa shape index (κ3) is 4.84. The van der Waals surface area contributed by atoms with Crippen LogP contribution in [0, 0.1) is 0 Å². The molecule has 1 aliphatic rings. The lowest BCUT2D eigenvalue weighted by Crippen LogP contribution is -2.41. The molecule has 0 aliphatic carbocycles. The molecular weight excluding hydrogens is 337 g/mol. The van der Waals surface area contributed by atoms with Crippen LogP contribution in [0.2, 0.25) is 5.02 Å². The lowest BCUT2D eigenvalue weighted by molar-refractivity contribution is -0.139. The van der Waals surface area contributed by atoms with Crippen LogP contribution in [0.4, 0.5) is 18.9 Å². The Hall–Kier alpha value is -1.80.